The molecule has 3 heterocycles. The fourth-order valence-corrected chi connectivity index (χ4v) is 3.47. The highest BCUT2D eigenvalue weighted by Crippen LogP contribution is 2.42. The van der Waals surface area contributed by atoms with Gasteiger partial charge in [-0.25, -0.2) is 0 Å². The lowest BCUT2D eigenvalue weighted by atomic mass is 9.89. The summed E-state index contributed by atoms with van der Waals surface area (Å²) in [5, 5.41) is 13.2. The third kappa shape index (κ3) is 2.01. The largest absolute Gasteiger partial charge is 0.481 e. The second-order valence-corrected chi connectivity index (χ2v) is 5.48. The highest BCUT2D eigenvalue weighted by atomic mass is 16.4. The third-order valence-electron chi connectivity index (χ3n) is 4.26. The molecule has 2 aliphatic rings. The third-order valence-corrected chi connectivity index (χ3v) is 4.26. The summed E-state index contributed by atoms with van der Waals surface area (Å²) in [6.45, 7) is 0. The predicted octanol–water partition coefficient (Wildman–Crippen LogP) is 0.427. The summed E-state index contributed by atoms with van der Waals surface area (Å²) in [5.41, 5.74) is 0.880. The van der Waals surface area contributed by atoms with Gasteiger partial charge in [-0.15, -0.1) is 0 Å². The molecule has 102 valence electrons. The molecule has 3 rings (SSSR count). The van der Waals surface area contributed by atoms with Gasteiger partial charge in [0.1, 0.15) is 0 Å². The van der Waals surface area contributed by atoms with Gasteiger partial charge in [-0.1, -0.05) is 0 Å². The van der Waals surface area contributed by atoms with Gasteiger partial charge in [0.05, 0.1) is 18.5 Å². The maximum absolute atomic E-state index is 12.3. The Labute approximate surface area is 111 Å². The minimum Gasteiger partial charge on any atom is -0.481 e. The topological polar surface area (TPSA) is 75.4 Å². The quantitative estimate of drug-likeness (QED) is 0.858. The van der Waals surface area contributed by atoms with Crippen molar-refractivity contribution in [3.05, 3.63) is 18.0 Å². The van der Waals surface area contributed by atoms with Crippen LogP contribution in [0.3, 0.4) is 0 Å². The zero-order valence-electron chi connectivity index (χ0n) is 10.8. The normalized spacial score (nSPS) is 28.9. The van der Waals surface area contributed by atoms with E-state index >= 15 is 0 Å². The van der Waals surface area contributed by atoms with Crippen molar-refractivity contribution >= 4 is 11.9 Å². The SMILES string of the molecule is Cn1cc(CC(=O)N2C3CCC2C(C(=O)O)C3)cn1. The van der Waals surface area contributed by atoms with Gasteiger partial charge in [0, 0.05) is 25.3 Å². The molecule has 1 N–H and O–H groups in total. The zero-order chi connectivity index (χ0) is 13.6. The first kappa shape index (κ1) is 12.2. The van der Waals surface area contributed by atoms with E-state index in [0.717, 1.165) is 18.4 Å². The predicted molar refractivity (Wildman–Crippen MR) is 66.3 cm³/mol. The highest BCUT2D eigenvalue weighted by Gasteiger charge is 2.51. The number of fused-ring (bicyclic) bond motifs is 2. The van der Waals surface area contributed by atoms with Crippen molar-refractivity contribution in [2.45, 2.75) is 37.8 Å². The van der Waals surface area contributed by atoms with Crippen LogP contribution in [0.5, 0.6) is 0 Å². The molecule has 6 nitrogen and oxygen atoms in total. The number of nitrogens with zero attached hydrogens (tertiary/aromatic N) is 3. The fraction of sp³-hybridized carbons (Fsp3) is 0.615. The van der Waals surface area contributed by atoms with Crippen LogP contribution in [0.15, 0.2) is 12.4 Å². The smallest absolute Gasteiger partial charge is 0.308 e. The van der Waals surface area contributed by atoms with E-state index in [1.807, 2.05) is 18.1 Å². The summed E-state index contributed by atoms with van der Waals surface area (Å²) in [6, 6.07) is 0.0157. The number of carbonyl (C=O) groups is 2. The lowest BCUT2D eigenvalue weighted by molar-refractivity contribution is -0.143. The number of aliphatic carboxylic acids is 1. The molecule has 1 aromatic heterocycles. The fourth-order valence-electron chi connectivity index (χ4n) is 3.47. The van der Waals surface area contributed by atoms with E-state index in [9.17, 15) is 14.7 Å². The molecular weight excluding hydrogens is 246 g/mol. The summed E-state index contributed by atoms with van der Waals surface area (Å²) >= 11 is 0. The highest BCUT2D eigenvalue weighted by molar-refractivity contribution is 5.82. The summed E-state index contributed by atoms with van der Waals surface area (Å²) in [6.07, 6.45) is 6.19. The second-order valence-electron chi connectivity index (χ2n) is 5.48. The molecule has 2 bridgehead atoms. The lowest BCUT2D eigenvalue weighted by Gasteiger charge is -2.22. The van der Waals surface area contributed by atoms with E-state index in [1.54, 1.807) is 10.9 Å². The van der Waals surface area contributed by atoms with Crippen molar-refractivity contribution in [1.29, 1.82) is 0 Å². The maximum atomic E-state index is 12.3. The molecule has 1 amide bonds. The first-order valence-electron chi connectivity index (χ1n) is 6.57. The molecule has 2 saturated heterocycles. The van der Waals surface area contributed by atoms with Crippen LogP contribution in [0, 0.1) is 5.92 Å². The van der Waals surface area contributed by atoms with Gasteiger partial charge in [-0.2, -0.15) is 5.10 Å². The Morgan fingerprint density at radius 2 is 2.26 bits per heavy atom. The summed E-state index contributed by atoms with van der Waals surface area (Å²) < 4.78 is 1.67. The minimum atomic E-state index is -0.772. The lowest BCUT2D eigenvalue weighted by Crippen LogP contribution is -2.38. The average Bonchev–Trinajstić information content (AvgIpc) is 3.02. The number of amides is 1. The first-order valence-corrected chi connectivity index (χ1v) is 6.57. The van der Waals surface area contributed by atoms with Crippen LogP contribution in [0.4, 0.5) is 0 Å². The van der Waals surface area contributed by atoms with Crippen molar-refractivity contribution in [2.75, 3.05) is 0 Å². The van der Waals surface area contributed by atoms with E-state index in [4.69, 9.17) is 0 Å². The zero-order valence-corrected chi connectivity index (χ0v) is 10.8. The molecule has 3 atom stereocenters. The number of aryl methyl sites for hydroxylation is 1. The van der Waals surface area contributed by atoms with Crippen molar-refractivity contribution in [3.63, 3.8) is 0 Å². The molecule has 2 fully saturated rings. The summed E-state index contributed by atoms with van der Waals surface area (Å²) in [7, 11) is 1.81. The van der Waals surface area contributed by atoms with Crippen molar-refractivity contribution in [2.24, 2.45) is 13.0 Å². The molecule has 2 aliphatic heterocycles. The molecule has 0 aromatic carbocycles. The first-order chi connectivity index (χ1) is 9.06. The standard InChI is InChI=1S/C13H17N3O3/c1-15-7-8(6-14-15)4-12(17)16-9-2-3-11(16)10(5-9)13(18)19/h6-7,9-11H,2-5H2,1H3,(H,18,19). The monoisotopic (exact) mass is 263 g/mol. The van der Waals surface area contributed by atoms with Gasteiger partial charge in [0.2, 0.25) is 5.91 Å². The summed E-state index contributed by atoms with van der Waals surface area (Å²) in [5.74, 6) is -1.12. The minimum absolute atomic E-state index is 0.0317. The van der Waals surface area contributed by atoms with Gasteiger partial charge < -0.3 is 10.0 Å². The Kier molecular flexibility index (Phi) is 2.80. The molecule has 3 unspecified atom stereocenters. The van der Waals surface area contributed by atoms with Crippen molar-refractivity contribution in [3.8, 4) is 0 Å². The van der Waals surface area contributed by atoms with E-state index < -0.39 is 5.97 Å². The number of carbonyl (C=O) groups excluding carboxylic acids is 1. The molecule has 0 saturated carbocycles. The van der Waals surface area contributed by atoms with Crippen molar-refractivity contribution < 1.29 is 14.7 Å². The van der Waals surface area contributed by atoms with Crippen LogP contribution in [-0.4, -0.2) is 43.7 Å². The molecular formula is C13H17N3O3. The number of hydrogen-bond donors (Lipinski definition) is 1. The number of carboxylic acid groups (broad SMARTS) is 1. The van der Waals surface area contributed by atoms with Gasteiger partial charge in [-0.3, -0.25) is 14.3 Å². The molecule has 0 radical (unpaired) electrons. The molecule has 0 aliphatic carbocycles. The maximum Gasteiger partial charge on any atom is 0.308 e. The van der Waals surface area contributed by atoms with Crippen LogP contribution < -0.4 is 0 Å². The molecule has 6 heteroatoms. The van der Waals surface area contributed by atoms with E-state index in [0.29, 0.717) is 12.8 Å². The van der Waals surface area contributed by atoms with E-state index in [2.05, 4.69) is 5.10 Å². The van der Waals surface area contributed by atoms with Crippen LogP contribution in [0.2, 0.25) is 0 Å². The van der Waals surface area contributed by atoms with Crippen LogP contribution in [0.1, 0.15) is 24.8 Å². The van der Waals surface area contributed by atoms with E-state index in [1.165, 1.54) is 0 Å². The Balaban J connectivity index is 1.72. The van der Waals surface area contributed by atoms with Gasteiger partial charge in [0.25, 0.3) is 0 Å². The van der Waals surface area contributed by atoms with Crippen LogP contribution in [0.25, 0.3) is 0 Å². The number of hydrogen-bond acceptors (Lipinski definition) is 3. The van der Waals surface area contributed by atoms with Crippen LogP contribution in [-0.2, 0) is 23.1 Å². The van der Waals surface area contributed by atoms with E-state index in [-0.39, 0.29) is 23.9 Å². The molecule has 1 aromatic rings. The molecule has 19 heavy (non-hydrogen) atoms. The van der Waals surface area contributed by atoms with Gasteiger partial charge in [0.15, 0.2) is 0 Å². The second kappa shape index (κ2) is 4.36. The van der Waals surface area contributed by atoms with Gasteiger partial charge in [-0.05, 0) is 24.8 Å². The Hall–Kier alpha value is -1.85. The number of rotatable bonds is 3. The number of carboxylic acids is 1. The van der Waals surface area contributed by atoms with Gasteiger partial charge >= 0.3 is 5.97 Å². The Morgan fingerprint density at radius 3 is 2.84 bits per heavy atom. The summed E-state index contributed by atoms with van der Waals surface area (Å²) in [4.78, 5) is 25.3. The average molecular weight is 263 g/mol. The molecule has 0 spiro atoms. The van der Waals surface area contributed by atoms with Crippen molar-refractivity contribution in [1.82, 2.24) is 14.7 Å². The Morgan fingerprint density at radius 1 is 1.47 bits per heavy atom. The Bertz CT molecular complexity index is 525. The number of aromatic nitrogens is 2. The van der Waals surface area contributed by atoms with Crippen LogP contribution >= 0.6 is 0 Å².